The summed E-state index contributed by atoms with van der Waals surface area (Å²) in [5.74, 6) is 0.304. The number of nitrogens with zero attached hydrogens (tertiary/aromatic N) is 3. The van der Waals surface area contributed by atoms with E-state index in [4.69, 9.17) is 4.99 Å². The standard InChI is InChI=1S/C23H25N3O/c1-15-9-16(7-8-24-15)23-21-11-19-14-26(20-5-3-2-4-6-20)22(27)12-17(19)10-18(21)13-25-23/h7-11,20H,2-6,12-14H2,1H3. The van der Waals surface area contributed by atoms with E-state index in [-0.39, 0.29) is 0 Å². The Balaban J connectivity index is 1.48. The van der Waals surface area contributed by atoms with Crippen LogP contribution in [0.25, 0.3) is 0 Å². The Bertz CT molecular complexity index is 941. The maximum atomic E-state index is 12.8. The predicted molar refractivity (Wildman–Crippen MR) is 106 cm³/mol. The summed E-state index contributed by atoms with van der Waals surface area (Å²) < 4.78 is 0. The van der Waals surface area contributed by atoms with Crippen LogP contribution in [0.2, 0.25) is 0 Å². The number of benzene rings is 1. The van der Waals surface area contributed by atoms with Gasteiger partial charge in [-0.2, -0.15) is 0 Å². The Morgan fingerprint density at radius 1 is 1.04 bits per heavy atom. The minimum absolute atomic E-state index is 0.304. The van der Waals surface area contributed by atoms with Crippen molar-refractivity contribution in [3.05, 3.63) is 64.0 Å². The van der Waals surface area contributed by atoms with Gasteiger partial charge in [-0.05, 0) is 54.7 Å². The zero-order valence-electron chi connectivity index (χ0n) is 15.9. The lowest BCUT2D eigenvalue weighted by molar-refractivity contribution is -0.135. The number of hydrogen-bond donors (Lipinski definition) is 0. The van der Waals surface area contributed by atoms with Gasteiger partial charge in [0.15, 0.2) is 0 Å². The van der Waals surface area contributed by atoms with Crippen LogP contribution in [0.5, 0.6) is 0 Å². The monoisotopic (exact) mass is 359 g/mol. The molecule has 0 bridgehead atoms. The average Bonchev–Trinajstić information content (AvgIpc) is 3.09. The second-order valence-corrected chi connectivity index (χ2v) is 8.12. The first-order chi connectivity index (χ1) is 13.2. The molecule has 0 unspecified atom stereocenters. The molecule has 0 radical (unpaired) electrons. The first kappa shape index (κ1) is 16.7. The first-order valence-electron chi connectivity index (χ1n) is 10.1. The summed E-state index contributed by atoms with van der Waals surface area (Å²) in [6.07, 6.45) is 8.54. The number of aliphatic imine (C=N–C) groups is 1. The maximum Gasteiger partial charge on any atom is 0.227 e. The van der Waals surface area contributed by atoms with Gasteiger partial charge in [0, 0.05) is 35.6 Å². The Kier molecular flexibility index (Phi) is 4.07. The molecule has 1 aromatic heterocycles. The van der Waals surface area contributed by atoms with Crippen molar-refractivity contribution in [1.82, 2.24) is 9.88 Å². The van der Waals surface area contributed by atoms with Crippen LogP contribution in [0.15, 0.2) is 35.5 Å². The molecule has 0 saturated heterocycles. The highest BCUT2D eigenvalue weighted by Gasteiger charge is 2.31. The molecule has 3 aliphatic rings. The van der Waals surface area contributed by atoms with E-state index in [1.165, 1.54) is 41.5 Å². The molecule has 1 aromatic carbocycles. The molecule has 0 spiro atoms. The number of aryl methyl sites for hydroxylation is 1. The maximum absolute atomic E-state index is 12.8. The van der Waals surface area contributed by atoms with Gasteiger partial charge in [-0.1, -0.05) is 25.3 Å². The average molecular weight is 359 g/mol. The quantitative estimate of drug-likeness (QED) is 0.815. The fourth-order valence-corrected chi connectivity index (χ4v) is 4.85. The molecule has 0 atom stereocenters. The van der Waals surface area contributed by atoms with Crippen LogP contribution in [-0.2, 0) is 24.3 Å². The Hall–Kier alpha value is -2.49. The molecule has 5 rings (SSSR count). The fourth-order valence-electron chi connectivity index (χ4n) is 4.85. The van der Waals surface area contributed by atoms with Crippen molar-refractivity contribution in [2.45, 2.75) is 64.6 Å². The number of carbonyl (C=O) groups is 1. The molecule has 0 N–H and O–H groups in total. The largest absolute Gasteiger partial charge is 0.335 e. The number of rotatable bonds is 2. The number of pyridine rings is 1. The highest BCUT2D eigenvalue weighted by Crippen LogP contribution is 2.32. The Labute approximate surface area is 160 Å². The summed E-state index contributed by atoms with van der Waals surface area (Å²) in [6, 6.07) is 9.10. The van der Waals surface area contributed by atoms with Gasteiger partial charge < -0.3 is 4.90 Å². The summed E-state index contributed by atoms with van der Waals surface area (Å²) in [6.45, 7) is 3.48. The van der Waals surface area contributed by atoms with Crippen LogP contribution >= 0.6 is 0 Å². The van der Waals surface area contributed by atoms with Crippen molar-refractivity contribution in [1.29, 1.82) is 0 Å². The van der Waals surface area contributed by atoms with Crippen molar-refractivity contribution in [3.63, 3.8) is 0 Å². The molecule has 1 aliphatic carbocycles. The van der Waals surface area contributed by atoms with Gasteiger partial charge in [0.05, 0.1) is 18.7 Å². The second kappa shape index (κ2) is 6.59. The molecule has 27 heavy (non-hydrogen) atoms. The van der Waals surface area contributed by atoms with Gasteiger partial charge in [0.25, 0.3) is 0 Å². The minimum atomic E-state index is 0.304. The summed E-state index contributed by atoms with van der Waals surface area (Å²) in [4.78, 5) is 24.0. The highest BCUT2D eigenvalue weighted by atomic mass is 16.2. The van der Waals surface area contributed by atoms with E-state index in [0.717, 1.165) is 36.4 Å². The van der Waals surface area contributed by atoms with E-state index in [0.29, 0.717) is 24.9 Å². The third kappa shape index (κ3) is 2.97. The van der Waals surface area contributed by atoms with E-state index in [1.807, 2.05) is 19.2 Å². The highest BCUT2D eigenvalue weighted by molar-refractivity contribution is 6.15. The van der Waals surface area contributed by atoms with E-state index in [2.05, 4.69) is 28.1 Å². The van der Waals surface area contributed by atoms with E-state index in [9.17, 15) is 4.79 Å². The number of amides is 1. The Morgan fingerprint density at radius 2 is 1.89 bits per heavy atom. The van der Waals surface area contributed by atoms with Gasteiger partial charge in [-0.25, -0.2) is 0 Å². The van der Waals surface area contributed by atoms with Gasteiger partial charge in [-0.3, -0.25) is 14.8 Å². The van der Waals surface area contributed by atoms with Gasteiger partial charge >= 0.3 is 0 Å². The van der Waals surface area contributed by atoms with E-state index >= 15 is 0 Å². The Morgan fingerprint density at radius 3 is 2.70 bits per heavy atom. The summed E-state index contributed by atoms with van der Waals surface area (Å²) in [5.41, 5.74) is 8.20. The van der Waals surface area contributed by atoms with Gasteiger partial charge in [0.2, 0.25) is 5.91 Å². The van der Waals surface area contributed by atoms with Crippen LogP contribution in [0.4, 0.5) is 0 Å². The van der Waals surface area contributed by atoms with Gasteiger partial charge in [0.1, 0.15) is 0 Å². The van der Waals surface area contributed by atoms with Crippen molar-refractivity contribution < 1.29 is 4.79 Å². The molecule has 2 aromatic rings. The van der Waals surface area contributed by atoms with Crippen LogP contribution in [-0.4, -0.2) is 27.5 Å². The van der Waals surface area contributed by atoms with Gasteiger partial charge in [-0.15, -0.1) is 0 Å². The second-order valence-electron chi connectivity index (χ2n) is 8.12. The number of fused-ring (bicyclic) bond motifs is 2. The summed E-state index contributed by atoms with van der Waals surface area (Å²) in [7, 11) is 0. The first-order valence-corrected chi connectivity index (χ1v) is 10.1. The van der Waals surface area contributed by atoms with Crippen LogP contribution in [0, 0.1) is 6.92 Å². The molecular weight excluding hydrogens is 334 g/mol. The van der Waals surface area contributed by atoms with Crippen LogP contribution < -0.4 is 0 Å². The SMILES string of the molecule is Cc1cc(C2=NCc3cc4c(cc32)CN(C2CCCCC2)C(=O)C4)ccn1. The number of hydrogen-bond acceptors (Lipinski definition) is 3. The van der Waals surface area contributed by atoms with E-state index < -0.39 is 0 Å². The summed E-state index contributed by atoms with van der Waals surface area (Å²) >= 11 is 0. The molecule has 1 amide bonds. The minimum Gasteiger partial charge on any atom is -0.335 e. The fraction of sp³-hybridized carbons (Fsp3) is 0.435. The van der Waals surface area contributed by atoms with Crippen molar-refractivity contribution in [2.75, 3.05) is 0 Å². The van der Waals surface area contributed by atoms with Crippen molar-refractivity contribution in [2.24, 2.45) is 4.99 Å². The van der Waals surface area contributed by atoms with E-state index in [1.54, 1.807) is 0 Å². The molecule has 4 nitrogen and oxygen atoms in total. The number of aromatic nitrogens is 1. The van der Waals surface area contributed by atoms with Crippen LogP contribution in [0.1, 0.15) is 65.6 Å². The molecule has 1 saturated carbocycles. The third-order valence-electron chi connectivity index (χ3n) is 6.28. The molecular formula is C23H25N3O. The molecule has 138 valence electrons. The lowest BCUT2D eigenvalue weighted by Gasteiger charge is -2.38. The molecule has 2 aliphatic heterocycles. The zero-order valence-corrected chi connectivity index (χ0v) is 15.9. The molecule has 1 fully saturated rings. The number of carbonyl (C=O) groups excluding carboxylic acids is 1. The third-order valence-corrected chi connectivity index (χ3v) is 6.28. The zero-order chi connectivity index (χ0) is 18.4. The smallest absolute Gasteiger partial charge is 0.227 e. The van der Waals surface area contributed by atoms with Crippen molar-refractivity contribution in [3.8, 4) is 0 Å². The topological polar surface area (TPSA) is 45.6 Å². The summed E-state index contributed by atoms with van der Waals surface area (Å²) in [5, 5.41) is 0. The normalized spacial score (nSPS) is 19.7. The molecule has 4 heteroatoms. The lowest BCUT2D eigenvalue weighted by Crippen LogP contribution is -2.44. The predicted octanol–water partition coefficient (Wildman–Crippen LogP) is 3.96. The molecule has 3 heterocycles. The van der Waals surface area contributed by atoms with Crippen LogP contribution in [0.3, 0.4) is 0 Å². The van der Waals surface area contributed by atoms with Crippen molar-refractivity contribution >= 4 is 11.6 Å². The lowest BCUT2D eigenvalue weighted by atomic mass is 9.88.